The lowest BCUT2D eigenvalue weighted by molar-refractivity contribution is 0.0696. The van der Waals surface area contributed by atoms with Crippen molar-refractivity contribution in [2.24, 2.45) is 0 Å². The van der Waals surface area contributed by atoms with Crippen LogP contribution in [0.5, 0.6) is 0 Å². The van der Waals surface area contributed by atoms with Crippen LogP contribution in [-0.2, 0) is 0 Å². The molecule has 0 saturated heterocycles. The Kier molecular flexibility index (Phi) is 2.09. The van der Waals surface area contributed by atoms with Crippen molar-refractivity contribution in [3.05, 3.63) is 40.3 Å². The average Bonchev–Trinajstić information content (AvgIpc) is 2.04. The van der Waals surface area contributed by atoms with Gasteiger partial charge >= 0.3 is 5.97 Å². The van der Waals surface area contributed by atoms with Gasteiger partial charge in [0, 0.05) is 17.8 Å². The Balaban J connectivity index is 3.41. The Labute approximate surface area is 68.2 Å². The van der Waals surface area contributed by atoms with Crippen molar-refractivity contribution in [1.29, 1.82) is 0 Å². The molecule has 0 fully saturated rings. The summed E-state index contributed by atoms with van der Waals surface area (Å²) in [6.07, 6.45) is 2.69. The topological polar surface area (TPSA) is 70.2 Å². The molecule has 0 aromatic carbocycles. The van der Waals surface area contributed by atoms with Gasteiger partial charge in [-0.05, 0) is 0 Å². The first kappa shape index (κ1) is 8.26. The number of carbonyl (C=O) groups is 1. The Bertz CT molecular complexity index is 378. The number of aromatic nitrogens is 1. The minimum Gasteiger partial charge on any atom is -0.478 e. The number of nitrogens with one attached hydrogen (secondary N) is 1. The number of hydrogen-bond acceptors (Lipinski definition) is 2. The summed E-state index contributed by atoms with van der Waals surface area (Å²) < 4.78 is 0. The van der Waals surface area contributed by atoms with E-state index in [0.29, 0.717) is 5.56 Å². The van der Waals surface area contributed by atoms with Crippen LogP contribution in [0.25, 0.3) is 6.08 Å². The highest BCUT2D eigenvalue weighted by Crippen LogP contribution is 2.05. The van der Waals surface area contributed by atoms with Gasteiger partial charge in [0.1, 0.15) is 0 Å². The number of aromatic carboxylic acids is 1. The summed E-state index contributed by atoms with van der Waals surface area (Å²) in [5.74, 6) is -1.13. The number of carboxylic acid groups (broad SMARTS) is 1. The van der Waals surface area contributed by atoms with E-state index in [4.69, 9.17) is 5.11 Å². The lowest BCUT2D eigenvalue weighted by Gasteiger charge is -1.97. The first-order valence-corrected chi connectivity index (χ1v) is 3.23. The summed E-state index contributed by atoms with van der Waals surface area (Å²) >= 11 is 0. The van der Waals surface area contributed by atoms with E-state index < -0.39 is 11.5 Å². The Hall–Kier alpha value is -1.84. The first-order chi connectivity index (χ1) is 5.65. The first-order valence-electron chi connectivity index (χ1n) is 3.23. The molecule has 1 rings (SSSR count). The molecule has 0 aliphatic carbocycles. The van der Waals surface area contributed by atoms with Crippen molar-refractivity contribution in [3.63, 3.8) is 0 Å². The van der Waals surface area contributed by atoms with E-state index in [1.54, 1.807) is 0 Å². The summed E-state index contributed by atoms with van der Waals surface area (Å²) in [5.41, 5.74) is -0.0612. The zero-order valence-corrected chi connectivity index (χ0v) is 6.20. The molecule has 0 atom stereocenters. The molecule has 0 amide bonds. The molecule has 4 nitrogen and oxygen atoms in total. The fraction of sp³-hybridized carbons (Fsp3) is 0. The van der Waals surface area contributed by atoms with Crippen molar-refractivity contribution in [3.8, 4) is 0 Å². The van der Waals surface area contributed by atoms with E-state index in [0.717, 1.165) is 6.07 Å². The van der Waals surface area contributed by atoms with E-state index in [1.165, 1.54) is 12.3 Å². The second-order valence-corrected chi connectivity index (χ2v) is 2.18. The molecule has 62 valence electrons. The standard InChI is InChI=1S/C8H7NO3/c1-2-5-4-9-7(10)3-6(5)8(11)12/h2-4H,1H2,(H,9,10)(H,11,12). The van der Waals surface area contributed by atoms with Gasteiger partial charge in [0.05, 0.1) is 5.56 Å². The third-order valence-electron chi connectivity index (χ3n) is 1.41. The zero-order chi connectivity index (χ0) is 9.14. The number of hydrogen-bond donors (Lipinski definition) is 2. The van der Waals surface area contributed by atoms with Crippen LogP contribution >= 0.6 is 0 Å². The zero-order valence-electron chi connectivity index (χ0n) is 6.20. The molecule has 4 heteroatoms. The largest absolute Gasteiger partial charge is 0.478 e. The van der Waals surface area contributed by atoms with E-state index in [9.17, 15) is 9.59 Å². The lowest BCUT2D eigenvalue weighted by atomic mass is 10.1. The molecule has 1 heterocycles. The van der Waals surface area contributed by atoms with Crippen LogP contribution in [0, 0.1) is 0 Å². The van der Waals surface area contributed by atoms with Crippen molar-refractivity contribution in [1.82, 2.24) is 4.98 Å². The van der Waals surface area contributed by atoms with E-state index in [1.807, 2.05) is 0 Å². The van der Waals surface area contributed by atoms with Gasteiger partial charge in [0.25, 0.3) is 0 Å². The molecular weight excluding hydrogens is 158 g/mol. The van der Waals surface area contributed by atoms with Crippen molar-refractivity contribution in [2.75, 3.05) is 0 Å². The normalized spacial score (nSPS) is 9.33. The number of rotatable bonds is 2. The van der Waals surface area contributed by atoms with E-state index in [-0.39, 0.29) is 5.56 Å². The third-order valence-corrected chi connectivity index (χ3v) is 1.41. The molecule has 0 aliphatic heterocycles. The fourth-order valence-corrected chi connectivity index (χ4v) is 0.837. The number of aromatic amines is 1. The molecule has 0 unspecified atom stereocenters. The average molecular weight is 165 g/mol. The Morgan fingerprint density at radius 3 is 2.83 bits per heavy atom. The minimum atomic E-state index is -1.13. The predicted molar refractivity (Wildman–Crippen MR) is 44.1 cm³/mol. The maximum absolute atomic E-state index is 10.7. The van der Waals surface area contributed by atoms with Gasteiger partial charge < -0.3 is 10.1 Å². The summed E-state index contributed by atoms with van der Waals surface area (Å²) in [6, 6.07) is 1.03. The molecule has 2 N–H and O–H groups in total. The highest BCUT2D eigenvalue weighted by atomic mass is 16.4. The number of H-pyrrole nitrogens is 1. The van der Waals surface area contributed by atoms with Crippen LogP contribution in [0.4, 0.5) is 0 Å². The minimum absolute atomic E-state index is 0.0336. The molecule has 12 heavy (non-hydrogen) atoms. The third kappa shape index (κ3) is 1.42. The van der Waals surface area contributed by atoms with Gasteiger partial charge in [-0.3, -0.25) is 4.79 Å². The van der Waals surface area contributed by atoms with Crippen molar-refractivity contribution < 1.29 is 9.90 Å². The second kappa shape index (κ2) is 3.04. The van der Waals surface area contributed by atoms with Crippen LogP contribution < -0.4 is 5.56 Å². The maximum atomic E-state index is 10.7. The van der Waals surface area contributed by atoms with Crippen molar-refractivity contribution in [2.45, 2.75) is 0 Å². The molecule has 0 saturated carbocycles. The molecule has 0 bridgehead atoms. The van der Waals surface area contributed by atoms with E-state index >= 15 is 0 Å². The monoisotopic (exact) mass is 165 g/mol. The highest BCUT2D eigenvalue weighted by molar-refractivity contribution is 5.91. The van der Waals surface area contributed by atoms with Crippen LogP contribution in [0.15, 0.2) is 23.6 Å². The summed E-state index contributed by atoms with van der Waals surface area (Å²) in [6.45, 7) is 3.42. The quantitative estimate of drug-likeness (QED) is 0.678. The lowest BCUT2D eigenvalue weighted by Crippen LogP contribution is -2.10. The highest BCUT2D eigenvalue weighted by Gasteiger charge is 2.07. The van der Waals surface area contributed by atoms with Crippen LogP contribution in [0.1, 0.15) is 15.9 Å². The summed E-state index contributed by atoms with van der Waals surface area (Å²) in [7, 11) is 0. The Morgan fingerprint density at radius 2 is 2.33 bits per heavy atom. The van der Waals surface area contributed by atoms with Crippen molar-refractivity contribution >= 4 is 12.0 Å². The van der Waals surface area contributed by atoms with Gasteiger partial charge in [-0.15, -0.1) is 0 Å². The van der Waals surface area contributed by atoms with Crippen LogP contribution in [0.3, 0.4) is 0 Å². The fourth-order valence-electron chi connectivity index (χ4n) is 0.837. The van der Waals surface area contributed by atoms with Gasteiger partial charge in [0.15, 0.2) is 0 Å². The van der Waals surface area contributed by atoms with Gasteiger partial charge in [-0.1, -0.05) is 12.7 Å². The molecular formula is C8H7NO3. The smallest absolute Gasteiger partial charge is 0.336 e. The maximum Gasteiger partial charge on any atom is 0.336 e. The summed E-state index contributed by atoms with van der Waals surface area (Å²) in [5, 5.41) is 8.62. The van der Waals surface area contributed by atoms with Gasteiger partial charge in [0.2, 0.25) is 5.56 Å². The van der Waals surface area contributed by atoms with Gasteiger partial charge in [-0.25, -0.2) is 4.79 Å². The van der Waals surface area contributed by atoms with Gasteiger partial charge in [-0.2, -0.15) is 0 Å². The molecule has 1 aromatic rings. The predicted octanol–water partition coefficient (Wildman–Crippen LogP) is 0.716. The second-order valence-electron chi connectivity index (χ2n) is 2.18. The molecule has 1 aromatic heterocycles. The molecule has 0 radical (unpaired) electrons. The number of carboxylic acids is 1. The Morgan fingerprint density at radius 1 is 1.67 bits per heavy atom. The molecule has 0 aliphatic rings. The molecule has 0 spiro atoms. The summed E-state index contributed by atoms with van der Waals surface area (Å²) in [4.78, 5) is 23.6. The van der Waals surface area contributed by atoms with Crippen LogP contribution in [0.2, 0.25) is 0 Å². The van der Waals surface area contributed by atoms with Crippen LogP contribution in [-0.4, -0.2) is 16.1 Å². The van der Waals surface area contributed by atoms with E-state index in [2.05, 4.69) is 11.6 Å². The SMILES string of the molecule is C=Cc1c[nH]c(=O)cc1C(=O)O. The number of pyridine rings is 1.